The topological polar surface area (TPSA) is 21.3 Å². The van der Waals surface area contributed by atoms with Crippen molar-refractivity contribution in [1.82, 2.24) is 5.32 Å². The van der Waals surface area contributed by atoms with E-state index in [-0.39, 0.29) is 0 Å². The van der Waals surface area contributed by atoms with Gasteiger partial charge >= 0.3 is 0 Å². The van der Waals surface area contributed by atoms with Crippen LogP contribution in [0.5, 0.6) is 5.75 Å². The molecule has 1 N–H and O–H groups in total. The minimum Gasteiger partial charge on any atom is -0.493 e. The Labute approximate surface area is 118 Å². The molecule has 19 heavy (non-hydrogen) atoms. The molecule has 1 aromatic rings. The minimum atomic E-state index is 0.515. The zero-order chi connectivity index (χ0) is 14.1. The van der Waals surface area contributed by atoms with Crippen molar-refractivity contribution in [3.05, 3.63) is 29.8 Å². The normalized spacial score (nSPS) is 12.7. The van der Waals surface area contributed by atoms with Crippen molar-refractivity contribution in [2.45, 2.75) is 58.9 Å². The first kappa shape index (κ1) is 16.0. The van der Waals surface area contributed by atoms with E-state index in [9.17, 15) is 0 Å². The molecule has 0 aliphatic heterocycles. The highest BCUT2D eigenvalue weighted by molar-refractivity contribution is 5.35. The van der Waals surface area contributed by atoms with E-state index < -0.39 is 0 Å². The fraction of sp³-hybridized carbons (Fsp3) is 0.647. The van der Waals surface area contributed by atoms with Crippen LogP contribution < -0.4 is 10.1 Å². The average molecular weight is 263 g/mol. The molecule has 1 unspecified atom stereocenters. The number of hydrogen-bond donors (Lipinski definition) is 1. The lowest BCUT2D eigenvalue weighted by Gasteiger charge is -2.17. The quantitative estimate of drug-likeness (QED) is 0.668. The number of para-hydroxylation sites is 1. The van der Waals surface area contributed by atoms with Crippen LogP contribution in [0.25, 0.3) is 0 Å². The highest BCUT2D eigenvalue weighted by atomic mass is 16.5. The molecule has 0 aromatic heterocycles. The standard InChI is InChI=1S/C17H29NO/c1-5-15(18-6-2)10-9-13-19-17-12-8-7-11-16(17)14(3)4/h7-8,11-12,14-15,18H,5-6,9-10,13H2,1-4H3. The zero-order valence-corrected chi connectivity index (χ0v) is 12.9. The molecule has 0 saturated carbocycles. The molecule has 0 heterocycles. The van der Waals surface area contributed by atoms with Crippen molar-refractivity contribution in [2.75, 3.05) is 13.2 Å². The largest absolute Gasteiger partial charge is 0.493 e. The second-order valence-corrected chi connectivity index (χ2v) is 5.35. The van der Waals surface area contributed by atoms with Gasteiger partial charge in [-0.3, -0.25) is 0 Å². The summed E-state index contributed by atoms with van der Waals surface area (Å²) >= 11 is 0. The number of hydrogen-bond acceptors (Lipinski definition) is 2. The number of rotatable bonds is 9. The van der Waals surface area contributed by atoms with Crippen LogP contribution in [0, 0.1) is 0 Å². The van der Waals surface area contributed by atoms with Crippen molar-refractivity contribution in [2.24, 2.45) is 0 Å². The maximum Gasteiger partial charge on any atom is 0.122 e. The smallest absolute Gasteiger partial charge is 0.122 e. The molecule has 1 rings (SSSR count). The molecular weight excluding hydrogens is 234 g/mol. The van der Waals surface area contributed by atoms with Gasteiger partial charge < -0.3 is 10.1 Å². The third-order valence-corrected chi connectivity index (χ3v) is 3.48. The summed E-state index contributed by atoms with van der Waals surface area (Å²) < 4.78 is 5.94. The molecule has 0 radical (unpaired) electrons. The molecule has 0 fully saturated rings. The van der Waals surface area contributed by atoms with Crippen LogP contribution in [-0.2, 0) is 0 Å². The fourth-order valence-electron chi connectivity index (χ4n) is 2.34. The third-order valence-electron chi connectivity index (χ3n) is 3.48. The van der Waals surface area contributed by atoms with Crippen LogP contribution in [0.4, 0.5) is 0 Å². The van der Waals surface area contributed by atoms with Gasteiger partial charge in [0, 0.05) is 6.04 Å². The van der Waals surface area contributed by atoms with Gasteiger partial charge in [0.25, 0.3) is 0 Å². The molecule has 0 bridgehead atoms. The molecule has 0 aliphatic rings. The number of benzene rings is 1. The van der Waals surface area contributed by atoms with Gasteiger partial charge in [0.1, 0.15) is 5.75 Å². The van der Waals surface area contributed by atoms with Gasteiger partial charge in [-0.15, -0.1) is 0 Å². The summed E-state index contributed by atoms with van der Waals surface area (Å²) in [6, 6.07) is 9.01. The van der Waals surface area contributed by atoms with E-state index in [0.717, 1.165) is 25.3 Å². The lowest BCUT2D eigenvalue weighted by molar-refractivity contribution is 0.291. The molecule has 2 nitrogen and oxygen atoms in total. The van der Waals surface area contributed by atoms with E-state index in [0.29, 0.717) is 12.0 Å². The Kier molecular flexibility index (Phi) is 7.57. The summed E-state index contributed by atoms with van der Waals surface area (Å²) in [6.07, 6.45) is 3.49. The first-order valence-corrected chi connectivity index (χ1v) is 7.64. The van der Waals surface area contributed by atoms with E-state index in [2.05, 4.69) is 57.3 Å². The van der Waals surface area contributed by atoms with Crippen molar-refractivity contribution in [3.8, 4) is 5.75 Å². The second kappa shape index (κ2) is 8.98. The van der Waals surface area contributed by atoms with Crippen LogP contribution >= 0.6 is 0 Å². The zero-order valence-electron chi connectivity index (χ0n) is 12.9. The van der Waals surface area contributed by atoms with Gasteiger partial charge in [0.15, 0.2) is 0 Å². The Morgan fingerprint density at radius 3 is 2.53 bits per heavy atom. The Balaban J connectivity index is 2.37. The van der Waals surface area contributed by atoms with Crippen LogP contribution in [0.3, 0.4) is 0 Å². The molecule has 0 aliphatic carbocycles. The van der Waals surface area contributed by atoms with E-state index >= 15 is 0 Å². The van der Waals surface area contributed by atoms with Gasteiger partial charge in [-0.1, -0.05) is 45.9 Å². The molecule has 0 saturated heterocycles. The van der Waals surface area contributed by atoms with E-state index in [1.807, 2.05) is 0 Å². The predicted octanol–water partition coefficient (Wildman–Crippen LogP) is 4.36. The van der Waals surface area contributed by atoms with Gasteiger partial charge in [0.2, 0.25) is 0 Å². The molecule has 108 valence electrons. The van der Waals surface area contributed by atoms with Crippen molar-refractivity contribution < 1.29 is 4.74 Å². The van der Waals surface area contributed by atoms with Crippen LogP contribution in [0.1, 0.15) is 58.4 Å². The van der Waals surface area contributed by atoms with E-state index in [1.165, 1.54) is 18.4 Å². The number of ether oxygens (including phenoxy) is 1. The van der Waals surface area contributed by atoms with Gasteiger partial charge in [-0.25, -0.2) is 0 Å². The summed E-state index contributed by atoms with van der Waals surface area (Å²) in [7, 11) is 0. The van der Waals surface area contributed by atoms with E-state index in [1.54, 1.807) is 0 Å². The fourth-order valence-corrected chi connectivity index (χ4v) is 2.34. The van der Waals surface area contributed by atoms with Crippen molar-refractivity contribution in [1.29, 1.82) is 0 Å². The predicted molar refractivity (Wildman–Crippen MR) is 83.0 cm³/mol. The lowest BCUT2D eigenvalue weighted by Crippen LogP contribution is -2.28. The van der Waals surface area contributed by atoms with Gasteiger partial charge in [0.05, 0.1) is 6.61 Å². The third kappa shape index (κ3) is 5.65. The summed E-state index contributed by atoms with van der Waals surface area (Å²) in [5.41, 5.74) is 1.31. The monoisotopic (exact) mass is 263 g/mol. The summed E-state index contributed by atoms with van der Waals surface area (Å²) in [5, 5.41) is 3.51. The van der Waals surface area contributed by atoms with Crippen LogP contribution in [0.2, 0.25) is 0 Å². The van der Waals surface area contributed by atoms with E-state index in [4.69, 9.17) is 4.74 Å². The summed E-state index contributed by atoms with van der Waals surface area (Å²) in [4.78, 5) is 0. The number of nitrogens with one attached hydrogen (secondary N) is 1. The minimum absolute atomic E-state index is 0.515. The molecular formula is C17H29NO. The molecule has 2 heteroatoms. The van der Waals surface area contributed by atoms with Crippen LogP contribution in [0.15, 0.2) is 24.3 Å². The molecule has 0 amide bonds. The van der Waals surface area contributed by atoms with Crippen molar-refractivity contribution in [3.63, 3.8) is 0 Å². The maximum atomic E-state index is 5.94. The van der Waals surface area contributed by atoms with Gasteiger partial charge in [-0.05, 0) is 43.4 Å². The van der Waals surface area contributed by atoms with Gasteiger partial charge in [-0.2, -0.15) is 0 Å². The Bertz CT molecular complexity index is 349. The Morgan fingerprint density at radius 2 is 1.89 bits per heavy atom. The van der Waals surface area contributed by atoms with Crippen LogP contribution in [-0.4, -0.2) is 19.2 Å². The summed E-state index contributed by atoms with van der Waals surface area (Å²) in [6.45, 7) is 10.7. The molecule has 1 atom stereocenters. The maximum absolute atomic E-state index is 5.94. The first-order chi connectivity index (χ1) is 9.19. The highest BCUT2D eigenvalue weighted by Gasteiger charge is 2.07. The lowest BCUT2D eigenvalue weighted by atomic mass is 10.0. The first-order valence-electron chi connectivity index (χ1n) is 7.64. The second-order valence-electron chi connectivity index (χ2n) is 5.35. The Morgan fingerprint density at radius 1 is 1.16 bits per heavy atom. The highest BCUT2D eigenvalue weighted by Crippen LogP contribution is 2.25. The molecule has 1 aromatic carbocycles. The average Bonchev–Trinajstić information content (AvgIpc) is 2.42. The SMILES string of the molecule is CCNC(CC)CCCOc1ccccc1C(C)C. The van der Waals surface area contributed by atoms with Crippen molar-refractivity contribution >= 4 is 0 Å². The summed E-state index contributed by atoms with van der Waals surface area (Å²) in [5.74, 6) is 1.57. The Hall–Kier alpha value is -1.02. The molecule has 0 spiro atoms.